The van der Waals surface area contributed by atoms with Crippen LogP contribution in [0.5, 0.6) is 0 Å². The number of rotatable bonds is 17. The zero-order valence-electron chi connectivity index (χ0n) is 23.3. The molecule has 0 fully saturated rings. The van der Waals surface area contributed by atoms with Gasteiger partial charge in [0.05, 0.1) is 10.3 Å². The van der Waals surface area contributed by atoms with Gasteiger partial charge in [0.25, 0.3) is 5.69 Å². The van der Waals surface area contributed by atoms with E-state index in [0.717, 1.165) is 58.3 Å². The zero-order chi connectivity index (χ0) is 27.5. The fraction of sp³-hybridized carbons (Fsp3) is 0.441. The van der Waals surface area contributed by atoms with Crippen LogP contribution in [0.1, 0.15) is 96.8 Å². The number of amides is 1. The summed E-state index contributed by atoms with van der Waals surface area (Å²) < 4.78 is 0. The summed E-state index contributed by atoms with van der Waals surface area (Å²) in [4.78, 5) is 24.0. The Labute approximate surface area is 232 Å². The molecule has 206 valence electrons. The molecule has 0 atom stereocenters. The molecular weight excluding hydrogens is 484 g/mol. The molecule has 0 bridgehead atoms. The van der Waals surface area contributed by atoms with E-state index in [-0.39, 0.29) is 16.5 Å². The standard InChI is InChI=1S/C34H42N2O3/c1-2-3-4-5-6-7-8-9-10-11-12-13-14-15-16-17-32(37)35-30-24-20-26-19-23-29-31(36(38)39)25-21-27-18-22-28(30)33(26)34(27)29/h9-10,18-25H,2-8,11-17H2,1H3,(H,35,37)/b10-9-. The molecule has 0 saturated heterocycles. The molecule has 0 aromatic heterocycles. The van der Waals surface area contributed by atoms with Gasteiger partial charge in [-0.25, -0.2) is 0 Å². The van der Waals surface area contributed by atoms with Crippen LogP contribution in [0.25, 0.3) is 32.3 Å². The molecule has 4 aromatic rings. The molecule has 0 unspecified atom stereocenters. The van der Waals surface area contributed by atoms with E-state index in [1.807, 2.05) is 36.4 Å². The molecule has 0 heterocycles. The molecule has 0 aliphatic heterocycles. The van der Waals surface area contributed by atoms with Gasteiger partial charge in [-0.05, 0) is 66.5 Å². The summed E-state index contributed by atoms with van der Waals surface area (Å²) in [6.07, 6.45) is 21.3. The van der Waals surface area contributed by atoms with Crippen molar-refractivity contribution >= 4 is 49.6 Å². The number of nitrogens with zero attached hydrogens (tertiary/aromatic N) is 1. The molecule has 5 nitrogen and oxygen atoms in total. The summed E-state index contributed by atoms with van der Waals surface area (Å²) in [5, 5.41) is 20.1. The molecule has 0 aliphatic carbocycles. The van der Waals surface area contributed by atoms with Crippen LogP contribution in [-0.2, 0) is 4.79 Å². The highest BCUT2D eigenvalue weighted by Crippen LogP contribution is 2.40. The normalized spacial score (nSPS) is 11.8. The molecule has 4 rings (SSSR count). The Morgan fingerprint density at radius 3 is 1.92 bits per heavy atom. The number of benzene rings is 4. The van der Waals surface area contributed by atoms with Gasteiger partial charge in [-0.15, -0.1) is 0 Å². The van der Waals surface area contributed by atoms with Gasteiger partial charge in [-0.1, -0.05) is 94.7 Å². The molecule has 0 spiro atoms. The summed E-state index contributed by atoms with van der Waals surface area (Å²) in [5.74, 6) is 0.0219. The van der Waals surface area contributed by atoms with Gasteiger partial charge < -0.3 is 5.32 Å². The number of carbonyl (C=O) groups excluding carboxylic acids is 1. The van der Waals surface area contributed by atoms with Crippen molar-refractivity contribution < 1.29 is 9.72 Å². The predicted molar refractivity (Wildman–Crippen MR) is 165 cm³/mol. The van der Waals surface area contributed by atoms with Crippen LogP contribution in [-0.4, -0.2) is 10.8 Å². The average Bonchev–Trinajstić information content (AvgIpc) is 2.94. The highest BCUT2D eigenvalue weighted by atomic mass is 16.6. The number of carbonyl (C=O) groups is 1. The topological polar surface area (TPSA) is 72.2 Å². The van der Waals surface area contributed by atoms with Crippen molar-refractivity contribution in [2.45, 2.75) is 96.8 Å². The minimum absolute atomic E-state index is 0.0219. The second-order valence-electron chi connectivity index (χ2n) is 10.8. The van der Waals surface area contributed by atoms with Crippen molar-refractivity contribution in [3.8, 4) is 0 Å². The molecule has 5 heteroatoms. The van der Waals surface area contributed by atoms with Crippen LogP contribution < -0.4 is 5.32 Å². The Morgan fingerprint density at radius 1 is 0.718 bits per heavy atom. The third kappa shape index (κ3) is 7.56. The van der Waals surface area contributed by atoms with E-state index in [0.29, 0.717) is 11.8 Å². The maximum Gasteiger partial charge on any atom is 0.277 e. The van der Waals surface area contributed by atoms with Crippen molar-refractivity contribution in [1.29, 1.82) is 0 Å². The van der Waals surface area contributed by atoms with Crippen molar-refractivity contribution in [2.75, 3.05) is 5.32 Å². The highest BCUT2D eigenvalue weighted by Gasteiger charge is 2.18. The number of unbranched alkanes of at least 4 members (excludes halogenated alkanes) is 11. The van der Waals surface area contributed by atoms with E-state index in [1.54, 1.807) is 12.1 Å². The number of nitro benzene ring substituents is 1. The highest BCUT2D eigenvalue weighted by molar-refractivity contribution is 6.27. The Morgan fingerprint density at radius 2 is 1.26 bits per heavy atom. The van der Waals surface area contributed by atoms with Crippen molar-refractivity contribution in [2.24, 2.45) is 0 Å². The second kappa shape index (κ2) is 14.6. The maximum atomic E-state index is 12.7. The van der Waals surface area contributed by atoms with E-state index >= 15 is 0 Å². The number of nitro groups is 1. The Balaban J connectivity index is 1.20. The Hall–Kier alpha value is -3.47. The lowest BCUT2D eigenvalue weighted by molar-refractivity contribution is -0.383. The first-order valence-corrected chi connectivity index (χ1v) is 14.9. The van der Waals surface area contributed by atoms with Gasteiger partial charge in [0.1, 0.15) is 0 Å². The third-order valence-electron chi connectivity index (χ3n) is 7.78. The first-order valence-electron chi connectivity index (χ1n) is 14.9. The van der Waals surface area contributed by atoms with Crippen molar-refractivity contribution in [1.82, 2.24) is 0 Å². The zero-order valence-corrected chi connectivity index (χ0v) is 23.3. The molecule has 1 N–H and O–H groups in total. The third-order valence-corrected chi connectivity index (χ3v) is 7.78. The van der Waals surface area contributed by atoms with Gasteiger partial charge in [0.15, 0.2) is 0 Å². The van der Waals surface area contributed by atoms with Gasteiger partial charge in [0.2, 0.25) is 5.91 Å². The van der Waals surface area contributed by atoms with E-state index in [4.69, 9.17) is 0 Å². The van der Waals surface area contributed by atoms with Crippen LogP contribution in [0.15, 0.2) is 60.7 Å². The lowest BCUT2D eigenvalue weighted by atomic mass is 9.92. The quantitative estimate of drug-likeness (QED) is 0.0489. The van der Waals surface area contributed by atoms with Crippen molar-refractivity contribution in [3.63, 3.8) is 0 Å². The smallest absolute Gasteiger partial charge is 0.277 e. The first kappa shape index (κ1) is 28.5. The largest absolute Gasteiger partial charge is 0.326 e. The Bertz CT molecular complexity index is 1410. The monoisotopic (exact) mass is 526 g/mol. The minimum atomic E-state index is -0.331. The number of anilines is 1. The summed E-state index contributed by atoms with van der Waals surface area (Å²) >= 11 is 0. The van der Waals surface area contributed by atoms with E-state index in [1.165, 1.54) is 57.8 Å². The lowest BCUT2D eigenvalue weighted by Gasteiger charge is -2.14. The van der Waals surface area contributed by atoms with Crippen molar-refractivity contribution in [3.05, 3.63) is 70.8 Å². The number of nitrogens with one attached hydrogen (secondary N) is 1. The Kier molecular flexibility index (Phi) is 10.7. The van der Waals surface area contributed by atoms with E-state index < -0.39 is 0 Å². The van der Waals surface area contributed by atoms with Crippen LogP contribution in [0.4, 0.5) is 11.4 Å². The lowest BCUT2D eigenvalue weighted by Crippen LogP contribution is -2.11. The van der Waals surface area contributed by atoms with Gasteiger partial charge in [0, 0.05) is 28.9 Å². The van der Waals surface area contributed by atoms with E-state index in [2.05, 4.69) is 24.4 Å². The second-order valence-corrected chi connectivity index (χ2v) is 10.8. The number of hydrogen-bond acceptors (Lipinski definition) is 3. The molecule has 39 heavy (non-hydrogen) atoms. The fourth-order valence-corrected chi connectivity index (χ4v) is 5.62. The fourth-order valence-electron chi connectivity index (χ4n) is 5.62. The summed E-state index contributed by atoms with van der Waals surface area (Å²) in [6.45, 7) is 2.26. The summed E-state index contributed by atoms with van der Waals surface area (Å²) in [5.41, 5.74) is 0.872. The number of non-ortho nitro benzene ring substituents is 1. The van der Waals surface area contributed by atoms with Crippen LogP contribution in [0, 0.1) is 10.1 Å². The maximum absolute atomic E-state index is 12.7. The number of allylic oxidation sites excluding steroid dienone is 2. The van der Waals surface area contributed by atoms with Gasteiger partial charge in [-0.2, -0.15) is 0 Å². The molecule has 1 amide bonds. The SMILES string of the molecule is CCCCCCCC/C=C\CCCCCCCC(=O)Nc1ccc2ccc3c([N+](=O)[O-])ccc4ccc1c2c43. The van der Waals surface area contributed by atoms with Gasteiger partial charge in [-0.3, -0.25) is 14.9 Å². The van der Waals surface area contributed by atoms with Crippen LogP contribution >= 0.6 is 0 Å². The van der Waals surface area contributed by atoms with Crippen LogP contribution in [0.2, 0.25) is 0 Å². The van der Waals surface area contributed by atoms with E-state index in [9.17, 15) is 14.9 Å². The van der Waals surface area contributed by atoms with Gasteiger partial charge >= 0.3 is 0 Å². The predicted octanol–water partition coefficient (Wildman–Crippen LogP) is 10.5. The molecular formula is C34H42N2O3. The molecule has 0 saturated carbocycles. The minimum Gasteiger partial charge on any atom is -0.326 e. The molecule has 0 aliphatic rings. The average molecular weight is 527 g/mol. The van der Waals surface area contributed by atoms with Crippen LogP contribution in [0.3, 0.4) is 0 Å². The first-order chi connectivity index (χ1) is 19.1. The molecule has 0 radical (unpaired) electrons. The molecule has 4 aromatic carbocycles. The summed E-state index contributed by atoms with van der Waals surface area (Å²) in [7, 11) is 0. The summed E-state index contributed by atoms with van der Waals surface area (Å²) in [6, 6.07) is 15.0. The number of hydrogen-bond donors (Lipinski definition) is 1.